The van der Waals surface area contributed by atoms with Crippen molar-refractivity contribution in [3.8, 4) is 27.9 Å². The molecule has 216 valence electrons. The standard InChI is InChI=1S/C28H26ClFN8O4/c1-17(41-2)12-25(36-14-20(13-32-36)18-4-7-21(8-5-18)33-28(39)42-3)23-10-6-19(15-38(23)40)26-24(37-16-31-34-35-37)11-9-22(29)27(26)30/h4-11,13-17,25H,12H2,1-3H3,(H,33,39)/t17?,25-/m1/s1. The van der Waals surface area contributed by atoms with E-state index in [9.17, 15) is 10.0 Å². The number of hydrogen-bond acceptors (Lipinski definition) is 8. The van der Waals surface area contributed by atoms with Gasteiger partial charge in [0.2, 0.25) is 5.69 Å². The molecule has 1 amide bonds. The van der Waals surface area contributed by atoms with Gasteiger partial charge in [-0.25, -0.2) is 9.18 Å². The largest absolute Gasteiger partial charge is 0.618 e. The highest BCUT2D eigenvalue weighted by Crippen LogP contribution is 2.34. The molecule has 2 aromatic carbocycles. The lowest BCUT2D eigenvalue weighted by Gasteiger charge is -2.21. The summed E-state index contributed by atoms with van der Waals surface area (Å²) in [5, 5.41) is 31.7. The number of benzene rings is 2. The number of halogens is 2. The van der Waals surface area contributed by atoms with Crippen LogP contribution < -0.4 is 10.0 Å². The van der Waals surface area contributed by atoms with E-state index in [4.69, 9.17) is 16.3 Å². The van der Waals surface area contributed by atoms with E-state index in [1.165, 1.54) is 30.4 Å². The maximum Gasteiger partial charge on any atom is 0.411 e. The Balaban J connectivity index is 1.50. The Morgan fingerprint density at radius 1 is 1.12 bits per heavy atom. The van der Waals surface area contributed by atoms with Crippen molar-refractivity contribution in [3.63, 3.8) is 0 Å². The second-order valence-corrected chi connectivity index (χ2v) is 9.79. The molecule has 1 unspecified atom stereocenters. The summed E-state index contributed by atoms with van der Waals surface area (Å²) in [6, 6.07) is 12.9. The molecule has 1 N–H and O–H groups in total. The van der Waals surface area contributed by atoms with Gasteiger partial charge in [0.1, 0.15) is 12.4 Å². The van der Waals surface area contributed by atoms with Crippen molar-refractivity contribution < 1.29 is 23.4 Å². The normalized spacial score (nSPS) is 12.6. The van der Waals surface area contributed by atoms with Crippen LogP contribution in [0.2, 0.25) is 5.02 Å². The summed E-state index contributed by atoms with van der Waals surface area (Å²) in [4.78, 5) is 11.5. The van der Waals surface area contributed by atoms with Gasteiger partial charge in [0, 0.05) is 37.0 Å². The van der Waals surface area contributed by atoms with Gasteiger partial charge in [0.05, 0.1) is 41.2 Å². The van der Waals surface area contributed by atoms with Crippen LogP contribution in [-0.4, -0.2) is 56.4 Å². The summed E-state index contributed by atoms with van der Waals surface area (Å²) < 4.78 is 29.1. The summed E-state index contributed by atoms with van der Waals surface area (Å²) in [5.74, 6) is -0.702. The molecule has 5 rings (SSSR count). The van der Waals surface area contributed by atoms with Gasteiger partial charge in [0.15, 0.2) is 12.0 Å². The van der Waals surface area contributed by atoms with Crippen LogP contribution in [0.25, 0.3) is 27.9 Å². The molecule has 3 aromatic heterocycles. The van der Waals surface area contributed by atoms with E-state index < -0.39 is 18.0 Å². The van der Waals surface area contributed by atoms with Crippen LogP contribution in [0.4, 0.5) is 14.9 Å². The van der Waals surface area contributed by atoms with Crippen molar-refractivity contribution in [3.05, 3.63) is 95.2 Å². The number of anilines is 1. The highest BCUT2D eigenvalue weighted by atomic mass is 35.5. The fourth-order valence-electron chi connectivity index (χ4n) is 4.52. The molecular weight excluding hydrogens is 567 g/mol. The molecule has 0 aliphatic heterocycles. The number of ether oxygens (including phenoxy) is 2. The number of aromatic nitrogens is 7. The first-order chi connectivity index (χ1) is 20.3. The van der Waals surface area contributed by atoms with Crippen molar-refractivity contribution in [2.45, 2.75) is 25.5 Å². The second-order valence-electron chi connectivity index (χ2n) is 9.38. The van der Waals surface area contributed by atoms with Gasteiger partial charge < -0.3 is 14.7 Å². The predicted molar refractivity (Wildman–Crippen MR) is 151 cm³/mol. The Hall–Kier alpha value is -4.88. The molecule has 0 saturated carbocycles. The Kier molecular flexibility index (Phi) is 8.41. The number of rotatable bonds is 9. The van der Waals surface area contributed by atoms with Gasteiger partial charge in [-0.2, -0.15) is 14.5 Å². The number of methoxy groups -OCH3 is 2. The lowest BCUT2D eigenvalue weighted by Crippen LogP contribution is -2.36. The smallest absolute Gasteiger partial charge is 0.411 e. The van der Waals surface area contributed by atoms with Gasteiger partial charge in [-0.05, 0) is 53.2 Å². The van der Waals surface area contributed by atoms with Crippen molar-refractivity contribution in [1.29, 1.82) is 0 Å². The average molecular weight is 593 g/mol. The van der Waals surface area contributed by atoms with E-state index in [1.54, 1.807) is 48.3 Å². The SMILES string of the molecule is COC(=O)Nc1ccc(-c2cnn([C@H](CC(C)OC)c3ccc(-c4c(-n5cnnn5)ccc(Cl)c4F)c[n+]3[O-])c2)cc1. The topological polar surface area (TPSA) is 136 Å². The number of carbonyl (C=O) groups is 1. The number of nitrogens with zero attached hydrogens (tertiary/aromatic N) is 7. The van der Waals surface area contributed by atoms with Crippen LogP contribution in [0, 0.1) is 11.0 Å². The number of amides is 1. The molecule has 0 aliphatic rings. The highest BCUT2D eigenvalue weighted by Gasteiger charge is 2.27. The molecule has 0 aliphatic carbocycles. The van der Waals surface area contributed by atoms with Gasteiger partial charge in [-0.15, -0.1) is 5.10 Å². The van der Waals surface area contributed by atoms with Gasteiger partial charge in [-0.3, -0.25) is 10.00 Å². The highest BCUT2D eigenvalue weighted by molar-refractivity contribution is 6.31. The minimum absolute atomic E-state index is 0.0827. The predicted octanol–water partition coefficient (Wildman–Crippen LogP) is 4.81. The molecule has 0 fully saturated rings. The Bertz CT molecular complexity index is 1700. The van der Waals surface area contributed by atoms with Crippen LogP contribution in [0.3, 0.4) is 0 Å². The molecular formula is C28H26ClFN8O4. The molecule has 0 saturated heterocycles. The summed E-state index contributed by atoms with van der Waals surface area (Å²) in [6.07, 6.45) is 5.80. The molecule has 14 heteroatoms. The molecule has 3 heterocycles. The zero-order chi connectivity index (χ0) is 29.8. The summed E-state index contributed by atoms with van der Waals surface area (Å²) in [5.41, 5.74) is 3.31. The number of carbonyl (C=O) groups excluding carboxylic acids is 1. The van der Waals surface area contributed by atoms with Gasteiger partial charge >= 0.3 is 6.09 Å². The van der Waals surface area contributed by atoms with Crippen LogP contribution in [-0.2, 0) is 9.47 Å². The van der Waals surface area contributed by atoms with Crippen LogP contribution in [0.5, 0.6) is 0 Å². The summed E-state index contributed by atoms with van der Waals surface area (Å²) in [6.45, 7) is 1.90. The minimum Gasteiger partial charge on any atom is -0.618 e. The monoisotopic (exact) mass is 592 g/mol. The molecule has 5 aromatic rings. The first-order valence-electron chi connectivity index (χ1n) is 12.8. The number of tetrazole rings is 1. The second kappa shape index (κ2) is 12.3. The average Bonchev–Trinajstić information content (AvgIpc) is 3.71. The minimum atomic E-state index is -0.702. The van der Waals surface area contributed by atoms with E-state index in [-0.39, 0.29) is 16.7 Å². The van der Waals surface area contributed by atoms with E-state index in [1.807, 2.05) is 25.3 Å². The van der Waals surface area contributed by atoms with Crippen LogP contribution in [0.1, 0.15) is 25.1 Å². The molecule has 2 atom stereocenters. The zero-order valence-electron chi connectivity index (χ0n) is 22.8. The summed E-state index contributed by atoms with van der Waals surface area (Å²) >= 11 is 6.09. The lowest BCUT2D eigenvalue weighted by molar-refractivity contribution is -0.615. The van der Waals surface area contributed by atoms with E-state index >= 15 is 4.39 Å². The van der Waals surface area contributed by atoms with Crippen LogP contribution >= 0.6 is 11.6 Å². The third-order valence-corrected chi connectivity index (χ3v) is 7.06. The summed E-state index contributed by atoms with van der Waals surface area (Å²) in [7, 11) is 2.89. The lowest BCUT2D eigenvalue weighted by atomic mass is 10.0. The maximum absolute atomic E-state index is 15.3. The molecule has 0 spiro atoms. The Morgan fingerprint density at radius 2 is 1.88 bits per heavy atom. The molecule has 0 bridgehead atoms. The first-order valence-corrected chi connectivity index (χ1v) is 13.1. The van der Waals surface area contributed by atoms with Crippen molar-refractivity contribution in [2.75, 3.05) is 19.5 Å². The third-order valence-electron chi connectivity index (χ3n) is 6.77. The number of nitrogens with one attached hydrogen (secondary N) is 1. The fourth-order valence-corrected chi connectivity index (χ4v) is 4.68. The zero-order valence-corrected chi connectivity index (χ0v) is 23.6. The quantitative estimate of drug-likeness (QED) is 0.190. The number of hydrogen-bond donors (Lipinski definition) is 1. The van der Waals surface area contributed by atoms with E-state index in [0.29, 0.717) is 33.8 Å². The third kappa shape index (κ3) is 5.92. The molecule has 0 radical (unpaired) electrons. The van der Waals surface area contributed by atoms with Crippen LogP contribution in [0.15, 0.2) is 73.4 Å². The molecule has 12 nitrogen and oxygen atoms in total. The van der Waals surface area contributed by atoms with Crippen molar-refractivity contribution >= 4 is 23.4 Å². The van der Waals surface area contributed by atoms with E-state index in [2.05, 4.69) is 30.7 Å². The first kappa shape index (κ1) is 28.6. The van der Waals surface area contributed by atoms with Gasteiger partial charge in [0.25, 0.3) is 0 Å². The van der Waals surface area contributed by atoms with E-state index in [0.717, 1.165) is 11.1 Å². The Labute approximate surface area is 244 Å². The number of pyridine rings is 1. The fraction of sp³-hybridized carbons (Fsp3) is 0.214. The van der Waals surface area contributed by atoms with Gasteiger partial charge in [-0.1, -0.05) is 23.7 Å². The van der Waals surface area contributed by atoms with Crippen molar-refractivity contribution in [2.24, 2.45) is 0 Å². The molecule has 42 heavy (non-hydrogen) atoms. The van der Waals surface area contributed by atoms with Crippen molar-refractivity contribution in [1.82, 2.24) is 30.0 Å². The Morgan fingerprint density at radius 3 is 2.55 bits per heavy atom. The maximum atomic E-state index is 15.3.